The van der Waals surface area contributed by atoms with E-state index < -0.39 is 5.97 Å². The van der Waals surface area contributed by atoms with Crippen molar-refractivity contribution < 1.29 is 28.5 Å². The Kier molecular flexibility index (Phi) is 5.99. The summed E-state index contributed by atoms with van der Waals surface area (Å²) in [6, 6.07) is 11.0. The van der Waals surface area contributed by atoms with Crippen LogP contribution in [0.4, 0.5) is 0 Å². The van der Waals surface area contributed by atoms with Gasteiger partial charge in [-0.2, -0.15) is 0 Å². The average molecular weight is 368 g/mol. The highest BCUT2D eigenvalue weighted by atomic mass is 16.7. The van der Waals surface area contributed by atoms with Gasteiger partial charge in [-0.15, -0.1) is 0 Å². The van der Waals surface area contributed by atoms with Crippen molar-refractivity contribution in [3.8, 4) is 23.0 Å². The van der Waals surface area contributed by atoms with E-state index in [-0.39, 0.29) is 13.4 Å². The monoisotopic (exact) mass is 368 g/mol. The molecule has 1 aliphatic heterocycles. The van der Waals surface area contributed by atoms with E-state index in [1.807, 2.05) is 30.3 Å². The van der Waals surface area contributed by atoms with Gasteiger partial charge < -0.3 is 23.7 Å². The van der Waals surface area contributed by atoms with E-state index in [0.29, 0.717) is 17.2 Å². The molecule has 0 saturated carbocycles. The maximum Gasteiger partial charge on any atom is 0.331 e. The molecule has 0 amide bonds. The lowest BCUT2D eigenvalue weighted by Crippen LogP contribution is -1.99. The Morgan fingerprint density at radius 2 is 1.70 bits per heavy atom. The van der Waals surface area contributed by atoms with Gasteiger partial charge in [0.15, 0.2) is 23.0 Å². The van der Waals surface area contributed by atoms with Crippen LogP contribution in [-0.2, 0) is 9.53 Å². The van der Waals surface area contributed by atoms with Crippen LogP contribution >= 0.6 is 0 Å². The van der Waals surface area contributed by atoms with Crippen LogP contribution < -0.4 is 18.9 Å². The summed E-state index contributed by atoms with van der Waals surface area (Å²) in [5.74, 6) is 2.25. The summed E-state index contributed by atoms with van der Waals surface area (Å²) < 4.78 is 26.2. The van der Waals surface area contributed by atoms with E-state index in [9.17, 15) is 4.79 Å². The molecule has 0 saturated heterocycles. The van der Waals surface area contributed by atoms with Gasteiger partial charge in [-0.05, 0) is 47.5 Å². The van der Waals surface area contributed by atoms with Crippen LogP contribution in [-0.4, -0.2) is 33.6 Å². The SMILES string of the molecule is COc1ccc(/C=C\C(=O)OC/C=C/c2ccc3c(c2)OCO3)cc1OC. The van der Waals surface area contributed by atoms with E-state index in [0.717, 1.165) is 16.9 Å². The summed E-state index contributed by atoms with van der Waals surface area (Å²) in [5, 5.41) is 0. The smallest absolute Gasteiger partial charge is 0.331 e. The number of esters is 1. The van der Waals surface area contributed by atoms with Crippen LogP contribution in [0.2, 0.25) is 0 Å². The molecule has 6 heteroatoms. The number of methoxy groups -OCH3 is 2. The van der Waals surface area contributed by atoms with Crippen LogP contribution in [0.3, 0.4) is 0 Å². The van der Waals surface area contributed by atoms with Crippen LogP contribution in [0, 0.1) is 0 Å². The maximum atomic E-state index is 11.8. The third-order valence-electron chi connectivity index (χ3n) is 3.85. The molecule has 0 N–H and O–H groups in total. The summed E-state index contributed by atoms with van der Waals surface area (Å²) in [7, 11) is 3.13. The van der Waals surface area contributed by atoms with Crippen molar-refractivity contribution in [3.05, 3.63) is 59.7 Å². The third kappa shape index (κ3) is 4.82. The lowest BCUT2D eigenvalue weighted by atomic mass is 10.2. The van der Waals surface area contributed by atoms with Crippen LogP contribution in [0.5, 0.6) is 23.0 Å². The van der Waals surface area contributed by atoms with E-state index in [1.165, 1.54) is 6.08 Å². The first kappa shape index (κ1) is 18.4. The van der Waals surface area contributed by atoms with Gasteiger partial charge in [-0.3, -0.25) is 0 Å². The molecule has 2 aromatic rings. The van der Waals surface area contributed by atoms with Crippen molar-refractivity contribution in [2.24, 2.45) is 0 Å². The number of fused-ring (bicyclic) bond motifs is 1. The average Bonchev–Trinajstić information content (AvgIpc) is 3.17. The number of carbonyl (C=O) groups is 1. The molecule has 0 unspecified atom stereocenters. The first-order valence-electron chi connectivity index (χ1n) is 8.32. The molecular weight excluding hydrogens is 348 g/mol. The molecule has 27 heavy (non-hydrogen) atoms. The first-order chi connectivity index (χ1) is 13.2. The number of carbonyl (C=O) groups excluding carboxylic acids is 1. The highest BCUT2D eigenvalue weighted by molar-refractivity contribution is 5.87. The fourth-order valence-electron chi connectivity index (χ4n) is 2.50. The number of ether oxygens (including phenoxy) is 5. The Hall–Kier alpha value is -3.41. The molecule has 0 atom stereocenters. The topological polar surface area (TPSA) is 63.2 Å². The summed E-state index contributed by atoms with van der Waals surface area (Å²) in [4.78, 5) is 11.8. The molecule has 1 aliphatic rings. The van der Waals surface area contributed by atoms with Gasteiger partial charge >= 0.3 is 5.97 Å². The molecule has 0 radical (unpaired) electrons. The van der Waals surface area contributed by atoms with Crippen molar-refractivity contribution in [3.63, 3.8) is 0 Å². The quantitative estimate of drug-likeness (QED) is 0.548. The van der Waals surface area contributed by atoms with Gasteiger partial charge in [0, 0.05) is 6.08 Å². The normalized spacial score (nSPS) is 12.5. The van der Waals surface area contributed by atoms with Gasteiger partial charge in [-0.25, -0.2) is 4.79 Å². The maximum absolute atomic E-state index is 11.8. The van der Waals surface area contributed by atoms with Crippen molar-refractivity contribution in [1.82, 2.24) is 0 Å². The van der Waals surface area contributed by atoms with Crippen molar-refractivity contribution >= 4 is 18.1 Å². The molecule has 0 aliphatic carbocycles. The van der Waals surface area contributed by atoms with Gasteiger partial charge in [0.1, 0.15) is 6.61 Å². The lowest BCUT2D eigenvalue weighted by Gasteiger charge is -2.07. The first-order valence-corrected chi connectivity index (χ1v) is 8.32. The molecule has 0 bridgehead atoms. The zero-order valence-electron chi connectivity index (χ0n) is 15.1. The van der Waals surface area contributed by atoms with Crippen LogP contribution in [0.1, 0.15) is 11.1 Å². The van der Waals surface area contributed by atoms with Gasteiger partial charge in [-0.1, -0.05) is 18.2 Å². The fraction of sp³-hybridized carbons (Fsp3) is 0.190. The number of hydrogen-bond acceptors (Lipinski definition) is 6. The zero-order valence-corrected chi connectivity index (χ0v) is 15.1. The second-order valence-corrected chi connectivity index (χ2v) is 5.59. The molecule has 140 valence electrons. The summed E-state index contributed by atoms with van der Waals surface area (Å²) in [5.41, 5.74) is 1.75. The molecule has 2 aromatic carbocycles. The van der Waals surface area contributed by atoms with Gasteiger partial charge in [0.05, 0.1) is 14.2 Å². The van der Waals surface area contributed by atoms with Crippen molar-refractivity contribution in [1.29, 1.82) is 0 Å². The second-order valence-electron chi connectivity index (χ2n) is 5.59. The van der Waals surface area contributed by atoms with Gasteiger partial charge in [0.2, 0.25) is 6.79 Å². The molecule has 1 heterocycles. The van der Waals surface area contributed by atoms with Gasteiger partial charge in [0.25, 0.3) is 0 Å². The Balaban J connectivity index is 1.50. The minimum atomic E-state index is -0.430. The largest absolute Gasteiger partial charge is 0.493 e. The van der Waals surface area contributed by atoms with E-state index in [1.54, 1.807) is 38.5 Å². The van der Waals surface area contributed by atoms with Crippen LogP contribution in [0.25, 0.3) is 12.2 Å². The summed E-state index contributed by atoms with van der Waals surface area (Å²) in [6.07, 6.45) is 6.65. The van der Waals surface area contributed by atoms with E-state index in [2.05, 4.69) is 0 Å². The molecule has 0 fully saturated rings. The highest BCUT2D eigenvalue weighted by Gasteiger charge is 2.12. The third-order valence-corrected chi connectivity index (χ3v) is 3.85. The highest BCUT2D eigenvalue weighted by Crippen LogP contribution is 2.32. The second kappa shape index (κ2) is 8.80. The molecule has 6 nitrogen and oxygen atoms in total. The molecule has 3 rings (SSSR count). The molecule has 0 aromatic heterocycles. The molecular formula is C21H20O6. The minimum Gasteiger partial charge on any atom is -0.493 e. The number of hydrogen-bond donors (Lipinski definition) is 0. The van der Waals surface area contributed by atoms with E-state index in [4.69, 9.17) is 23.7 Å². The number of rotatable bonds is 7. The summed E-state index contributed by atoms with van der Waals surface area (Å²) >= 11 is 0. The predicted molar refractivity (Wildman–Crippen MR) is 101 cm³/mol. The van der Waals surface area contributed by atoms with Crippen LogP contribution in [0.15, 0.2) is 48.6 Å². The minimum absolute atomic E-state index is 0.170. The lowest BCUT2D eigenvalue weighted by molar-refractivity contribution is -0.136. The van der Waals surface area contributed by atoms with Crippen molar-refractivity contribution in [2.75, 3.05) is 27.6 Å². The zero-order chi connectivity index (χ0) is 19.1. The number of benzene rings is 2. The standard InChI is InChI=1S/C21H20O6/c1-23-17-8-5-16(12-19(17)24-2)7-10-21(22)25-11-3-4-15-6-9-18-20(13-15)27-14-26-18/h3-10,12-13H,11,14H2,1-2H3/b4-3+,10-7-. The fourth-order valence-corrected chi connectivity index (χ4v) is 2.50. The Morgan fingerprint density at radius 3 is 2.52 bits per heavy atom. The van der Waals surface area contributed by atoms with Crippen molar-refractivity contribution in [2.45, 2.75) is 0 Å². The summed E-state index contributed by atoms with van der Waals surface area (Å²) in [6.45, 7) is 0.413. The Labute approximate surface area is 157 Å². The Morgan fingerprint density at radius 1 is 0.963 bits per heavy atom. The molecule has 0 spiro atoms. The Bertz CT molecular complexity index is 869. The predicted octanol–water partition coefficient (Wildman–Crippen LogP) is 3.70. The van der Waals surface area contributed by atoms with E-state index >= 15 is 0 Å².